The summed E-state index contributed by atoms with van der Waals surface area (Å²) < 4.78 is 60.6. The van der Waals surface area contributed by atoms with E-state index in [0.717, 1.165) is 44.4 Å². The fourth-order valence-electron chi connectivity index (χ4n) is 3.54. The molecule has 3 unspecified atom stereocenters. The molecule has 0 bridgehead atoms. The lowest BCUT2D eigenvalue weighted by atomic mass is 10.0. The van der Waals surface area contributed by atoms with Crippen LogP contribution in [0.25, 0.3) is 0 Å². The summed E-state index contributed by atoms with van der Waals surface area (Å²) in [6.07, 6.45) is -6.45. The highest BCUT2D eigenvalue weighted by atomic mass is 19.4. The molecule has 12 heteroatoms. The monoisotopic (exact) mass is 489 g/mol. The maximum Gasteiger partial charge on any atom is 0.431 e. The van der Waals surface area contributed by atoms with Crippen molar-refractivity contribution < 1.29 is 37.2 Å². The number of ether oxygens (including phenoxy) is 2. The first-order valence-electron chi connectivity index (χ1n) is 10.8. The Morgan fingerprint density at radius 1 is 1.15 bits per heavy atom. The summed E-state index contributed by atoms with van der Waals surface area (Å²) in [4.78, 5) is 14.0. The minimum absolute atomic E-state index is 0.0741. The maximum absolute atomic E-state index is 14.3. The Labute approximate surface area is 193 Å². The van der Waals surface area contributed by atoms with Crippen molar-refractivity contribution in [3.63, 3.8) is 0 Å². The summed E-state index contributed by atoms with van der Waals surface area (Å²) >= 11 is 0. The Hall–Kier alpha value is -2.67. The zero-order valence-electron chi connectivity index (χ0n) is 18.2. The lowest BCUT2D eigenvalue weighted by molar-refractivity contribution is -0.144. The molecule has 8 nitrogen and oxygen atoms in total. The molecule has 4 rings (SSSR count). The van der Waals surface area contributed by atoms with E-state index in [9.17, 15) is 32.6 Å². The Bertz CT molecular complexity index is 981. The van der Waals surface area contributed by atoms with Crippen LogP contribution in [0.15, 0.2) is 41.2 Å². The lowest BCUT2D eigenvalue weighted by Gasteiger charge is -2.32. The van der Waals surface area contributed by atoms with Crippen molar-refractivity contribution in [3.05, 3.63) is 58.3 Å². The van der Waals surface area contributed by atoms with Gasteiger partial charge in [-0.3, -0.25) is 4.79 Å². The average Bonchev–Trinajstić information content (AvgIpc) is 2.81. The molecule has 2 aliphatic heterocycles. The molecule has 2 fully saturated rings. The first kappa shape index (κ1) is 25.9. The van der Waals surface area contributed by atoms with Gasteiger partial charge in [-0.2, -0.15) is 13.2 Å². The third-order valence-corrected chi connectivity index (χ3v) is 5.39. The Balaban J connectivity index is 0.000000248. The third kappa shape index (κ3) is 7.16. The number of hydrogen-bond donors (Lipinski definition) is 4. The van der Waals surface area contributed by atoms with E-state index in [1.165, 1.54) is 6.07 Å². The summed E-state index contributed by atoms with van der Waals surface area (Å²) in [6.45, 7) is 3.69. The molecule has 4 N–H and O–H groups in total. The molecule has 2 aliphatic rings. The molecule has 3 atom stereocenters. The molecule has 0 aliphatic carbocycles. The summed E-state index contributed by atoms with van der Waals surface area (Å²) in [5, 5.41) is 22.7. The molecule has 0 spiro atoms. The largest absolute Gasteiger partial charge is 0.491 e. The van der Waals surface area contributed by atoms with Crippen LogP contribution in [0.4, 0.5) is 23.2 Å². The van der Waals surface area contributed by atoms with Crippen molar-refractivity contribution in [1.29, 1.82) is 0 Å². The fraction of sp³-hybridized carbons (Fsp3) is 0.500. The van der Waals surface area contributed by atoms with E-state index in [-0.39, 0.29) is 12.4 Å². The van der Waals surface area contributed by atoms with E-state index in [1.807, 2.05) is 4.90 Å². The highest BCUT2D eigenvalue weighted by molar-refractivity contribution is 5.51. The molecule has 2 aromatic rings. The predicted molar refractivity (Wildman–Crippen MR) is 115 cm³/mol. The number of aromatic amines is 1. The highest BCUT2D eigenvalue weighted by Crippen LogP contribution is 2.26. The number of nitrogens with zero attached hydrogens (tertiary/aromatic N) is 1. The van der Waals surface area contributed by atoms with Gasteiger partial charge < -0.3 is 34.9 Å². The van der Waals surface area contributed by atoms with Crippen molar-refractivity contribution in [1.82, 2.24) is 10.3 Å². The summed E-state index contributed by atoms with van der Waals surface area (Å²) in [5.74, 6) is 0.0618. The number of benzene rings is 1. The Kier molecular flexibility index (Phi) is 8.89. The molecule has 2 saturated heterocycles. The predicted octanol–water partition coefficient (Wildman–Crippen LogP) is 1.52. The number of H-pyrrole nitrogens is 1. The average molecular weight is 489 g/mol. The summed E-state index contributed by atoms with van der Waals surface area (Å²) in [7, 11) is 0. The zero-order chi connectivity index (χ0) is 24.7. The van der Waals surface area contributed by atoms with E-state index in [2.05, 4.69) is 5.32 Å². The number of pyridine rings is 1. The van der Waals surface area contributed by atoms with Crippen LogP contribution in [0, 0.1) is 5.82 Å². The second kappa shape index (κ2) is 11.6. The van der Waals surface area contributed by atoms with Crippen LogP contribution >= 0.6 is 0 Å². The number of rotatable bonds is 4. The molecule has 3 heterocycles. The number of halogens is 4. The van der Waals surface area contributed by atoms with E-state index in [0.29, 0.717) is 24.5 Å². The molecule has 1 aromatic carbocycles. The van der Waals surface area contributed by atoms with Gasteiger partial charge in [0, 0.05) is 44.9 Å². The van der Waals surface area contributed by atoms with Crippen LogP contribution in [0.1, 0.15) is 12.1 Å². The number of aliphatic hydroxyl groups excluding tert-OH is 2. The van der Waals surface area contributed by atoms with E-state index >= 15 is 0 Å². The minimum atomic E-state index is -4.47. The normalized spacial score (nSPS) is 23.1. The second-order valence-electron chi connectivity index (χ2n) is 7.84. The van der Waals surface area contributed by atoms with Gasteiger partial charge in [-0.1, -0.05) is 6.07 Å². The van der Waals surface area contributed by atoms with Crippen LogP contribution in [0.5, 0.6) is 5.75 Å². The first-order chi connectivity index (χ1) is 16.1. The van der Waals surface area contributed by atoms with Crippen molar-refractivity contribution in [2.75, 3.05) is 44.3 Å². The number of alkyl halides is 3. The van der Waals surface area contributed by atoms with Crippen LogP contribution in [0.2, 0.25) is 0 Å². The van der Waals surface area contributed by atoms with Crippen molar-refractivity contribution in [2.45, 2.75) is 30.9 Å². The van der Waals surface area contributed by atoms with Crippen molar-refractivity contribution in [2.24, 2.45) is 0 Å². The lowest BCUT2D eigenvalue weighted by Crippen LogP contribution is -2.47. The molecule has 1 aromatic heterocycles. The van der Waals surface area contributed by atoms with Crippen molar-refractivity contribution in [3.8, 4) is 5.75 Å². The van der Waals surface area contributed by atoms with Crippen LogP contribution in [-0.4, -0.2) is 72.9 Å². The molecule has 0 amide bonds. The number of anilines is 1. The number of hydrogen-bond acceptors (Lipinski definition) is 7. The van der Waals surface area contributed by atoms with Gasteiger partial charge in [0.15, 0.2) is 0 Å². The van der Waals surface area contributed by atoms with E-state index in [4.69, 9.17) is 9.47 Å². The van der Waals surface area contributed by atoms with Gasteiger partial charge in [0.05, 0.1) is 11.8 Å². The van der Waals surface area contributed by atoms with E-state index < -0.39 is 35.7 Å². The van der Waals surface area contributed by atoms with Gasteiger partial charge in [0.1, 0.15) is 36.1 Å². The number of aromatic nitrogens is 1. The summed E-state index contributed by atoms with van der Waals surface area (Å²) in [5.41, 5.74) is -1.20. The Morgan fingerprint density at radius 2 is 1.88 bits per heavy atom. The molecule has 34 heavy (non-hydrogen) atoms. The maximum atomic E-state index is 14.3. The second-order valence-corrected chi connectivity index (χ2v) is 7.84. The van der Waals surface area contributed by atoms with Gasteiger partial charge in [0.25, 0.3) is 0 Å². The Morgan fingerprint density at radius 3 is 2.50 bits per heavy atom. The smallest absolute Gasteiger partial charge is 0.431 e. The number of aliphatic hydroxyl groups is 2. The SMILES string of the molecule is O=c1cccc(C(F)(F)F)[nH]1.OC1CCOC(COc2ccc(N3CCNCC3)c(F)c2)C1O. The van der Waals surface area contributed by atoms with Crippen LogP contribution < -0.4 is 20.5 Å². The van der Waals surface area contributed by atoms with Crippen LogP contribution in [-0.2, 0) is 10.9 Å². The van der Waals surface area contributed by atoms with Gasteiger partial charge in [0.2, 0.25) is 5.56 Å². The molecule has 0 saturated carbocycles. The minimum Gasteiger partial charge on any atom is -0.491 e. The number of piperazine rings is 1. The first-order valence-corrected chi connectivity index (χ1v) is 10.8. The molecule has 188 valence electrons. The topological polar surface area (TPSA) is 107 Å². The quantitative estimate of drug-likeness (QED) is 0.483. The third-order valence-electron chi connectivity index (χ3n) is 5.39. The molecular formula is C22H27F4N3O5. The molecular weight excluding hydrogens is 462 g/mol. The van der Waals surface area contributed by atoms with Gasteiger partial charge in [-0.15, -0.1) is 0 Å². The van der Waals surface area contributed by atoms with Gasteiger partial charge in [-0.05, 0) is 24.6 Å². The van der Waals surface area contributed by atoms with Gasteiger partial charge >= 0.3 is 6.18 Å². The standard InChI is InChI=1S/C16H23FN2O4.C6H4F3NO/c17-12-9-11(1-2-13(12)19-6-4-18-5-7-19)23-10-15-16(21)14(20)3-8-22-15;7-6(8,9)4-2-1-3-5(11)10-4/h1-2,9,14-16,18,20-21H,3-8,10H2;1-3H,(H,10,11). The zero-order valence-corrected chi connectivity index (χ0v) is 18.2. The molecule has 0 radical (unpaired) electrons. The van der Waals surface area contributed by atoms with E-state index in [1.54, 1.807) is 17.1 Å². The van der Waals surface area contributed by atoms with Gasteiger partial charge in [-0.25, -0.2) is 4.39 Å². The summed E-state index contributed by atoms with van der Waals surface area (Å²) in [6, 6.07) is 7.66. The number of nitrogens with one attached hydrogen (secondary N) is 2. The van der Waals surface area contributed by atoms with Crippen molar-refractivity contribution >= 4 is 5.69 Å². The van der Waals surface area contributed by atoms with Crippen LogP contribution in [0.3, 0.4) is 0 Å². The fourth-order valence-corrected chi connectivity index (χ4v) is 3.54. The highest BCUT2D eigenvalue weighted by Gasteiger charge is 2.32.